The molecule has 1 saturated heterocycles. The number of hydrogen-bond acceptors (Lipinski definition) is 4. The molecule has 1 aromatic carbocycles. The van der Waals surface area contributed by atoms with E-state index in [1.807, 2.05) is 0 Å². The van der Waals surface area contributed by atoms with E-state index in [-0.39, 0.29) is 22.2 Å². The number of thiophene rings is 1. The summed E-state index contributed by atoms with van der Waals surface area (Å²) in [6, 6.07) is 2.86. The molecule has 1 aliphatic rings. The van der Waals surface area contributed by atoms with Crippen molar-refractivity contribution in [2.24, 2.45) is 5.73 Å². The smallest absolute Gasteiger partial charge is 0.351 e. The maximum Gasteiger partial charge on any atom is 0.419 e. The Morgan fingerprint density at radius 2 is 2.00 bits per heavy atom. The van der Waals surface area contributed by atoms with Crippen LogP contribution < -0.4 is 21.7 Å². The minimum atomic E-state index is -4.80. The van der Waals surface area contributed by atoms with Crippen molar-refractivity contribution in [3.63, 3.8) is 0 Å². The van der Waals surface area contributed by atoms with Crippen molar-refractivity contribution in [2.75, 3.05) is 18.4 Å². The molecule has 11 heteroatoms. The van der Waals surface area contributed by atoms with E-state index in [0.29, 0.717) is 23.6 Å². The normalized spacial score (nSPS) is 16.2. The molecule has 2 heterocycles. The first-order valence-corrected chi connectivity index (χ1v) is 10.1. The second-order valence-electron chi connectivity index (χ2n) is 6.80. The lowest BCUT2D eigenvalue weighted by Gasteiger charge is -2.23. The fourth-order valence-corrected chi connectivity index (χ4v) is 3.90. The molecule has 0 aliphatic carbocycles. The SMILES string of the molecule is NC(=O)Nc1cc(C#Cc2ccc(C(F)(F)F)c(F)c2)sc1C(=O)N[C@H]1CCCNC1. The van der Waals surface area contributed by atoms with Gasteiger partial charge >= 0.3 is 12.2 Å². The van der Waals surface area contributed by atoms with Crippen molar-refractivity contribution in [3.8, 4) is 11.8 Å². The number of amides is 3. The van der Waals surface area contributed by atoms with Crippen LogP contribution in [-0.4, -0.2) is 31.1 Å². The molecule has 1 fully saturated rings. The van der Waals surface area contributed by atoms with Crippen LogP contribution in [0.1, 0.15) is 38.5 Å². The minimum absolute atomic E-state index is 0.0302. The summed E-state index contributed by atoms with van der Waals surface area (Å²) in [5.41, 5.74) is 3.98. The molecule has 1 atom stereocenters. The third kappa shape index (κ3) is 5.96. The number of carbonyl (C=O) groups is 2. The minimum Gasteiger partial charge on any atom is -0.351 e. The molecule has 164 valence electrons. The van der Waals surface area contributed by atoms with Crippen LogP contribution in [0.4, 0.5) is 28.0 Å². The number of nitrogens with two attached hydrogens (primary N) is 1. The number of rotatable bonds is 3. The maximum atomic E-state index is 13.7. The molecule has 0 bridgehead atoms. The van der Waals surface area contributed by atoms with Gasteiger partial charge in [0.05, 0.1) is 16.1 Å². The summed E-state index contributed by atoms with van der Waals surface area (Å²) in [5.74, 6) is 3.40. The van der Waals surface area contributed by atoms with Crippen LogP contribution in [0.5, 0.6) is 0 Å². The molecule has 2 aromatic rings. The van der Waals surface area contributed by atoms with Crippen molar-refractivity contribution < 1.29 is 27.2 Å². The summed E-state index contributed by atoms with van der Waals surface area (Å²) in [4.78, 5) is 24.5. The van der Waals surface area contributed by atoms with Crippen molar-refractivity contribution >= 4 is 29.0 Å². The van der Waals surface area contributed by atoms with Gasteiger partial charge < -0.3 is 21.7 Å². The van der Waals surface area contributed by atoms with E-state index >= 15 is 0 Å². The second-order valence-corrected chi connectivity index (χ2v) is 7.85. The number of anilines is 1. The van der Waals surface area contributed by atoms with Gasteiger partial charge in [-0.05, 0) is 43.7 Å². The lowest BCUT2D eigenvalue weighted by Crippen LogP contribution is -2.45. The van der Waals surface area contributed by atoms with Gasteiger partial charge in [0.2, 0.25) is 0 Å². The predicted octanol–water partition coefficient (Wildman–Crippen LogP) is 3.28. The highest BCUT2D eigenvalue weighted by Gasteiger charge is 2.33. The number of primary amides is 1. The number of urea groups is 1. The summed E-state index contributed by atoms with van der Waals surface area (Å²) < 4.78 is 51.7. The van der Waals surface area contributed by atoms with E-state index in [2.05, 4.69) is 27.8 Å². The Bertz CT molecular complexity index is 1050. The fourth-order valence-electron chi connectivity index (χ4n) is 3.03. The highest BCUT2D eigenvalue weighted by Crippen LogP contribution is 2.31. The molecular formula is C20H18F4N4O2S. The van der Waals surface area contributed by atoms with Crippen LogP contribution in [0.3, 0.4) is 0 Å². The van der Waals surface area contributed by atoms with E-state index < -0.39 is 29.5 Å². The van der Waals surface area contributed by atoms with Crippen molar-refractivity contribution in [1.29, 1.82) is 0 Å². The van der Waals surface area contributed by atoms with Gasteiger partial charge in [-0.15, -0.1) is 11.3 Å². The second kappa shape index (κ2) is 9.36. The van der Waals surface area contributed by atoms with Gasteiger partial charge in [-0.2, -0.15) is 13.2 Å². The van der Waals surface area contributed by atoms with E-state index in [0.717, 1.165) is 36.8 Å². The molecule has 0 saturated carbocycles. The average molecular weight is 454 g/mol. The molecule has 1 aromatic heterocycles. The highest BCUT2D eigenvalue weighted by atomic mass is 32.1. The van der Waals surface area contributed by atoms with Gasteiger partial charge in [-0.25, -0.2) is 9.18 Å². The molecule has 3 amide bonds. The van der Waals surface area contributed by atoms with Crippen LogP contribution >= 0.6 is 11.3 Å². The largest absolute Gasteiger partial charge is 0.419 e. The number of alkyl halides is 3. The van der Waals surface area contributed by atoms with Crippen molar-refractivity contribution in [3.05, 3.63) is 51.0 Å². The van der Waals surface area contributed by atoms with Gasteiger partial charge in [0.15, 0.2) is 0 Å². The van der Waals surface area contributed by atoms with Crippen LogP contribution in [0.15, 0.2) is 24.3 Å². The van der Waals surface area contributed by atoms with Crippen molar-refractivity contribution in [2.45, 2.75) is 25.1 Å². The summed E-state index contributed by atoms with van der Waals surface area (Å²) in [7, 11) is 0. The number of nitrogens with one attached hydrogen (secondary N) is 3. The average Bonchev–Trinajstić information content (AvgIpc) is 3.08. The summed E-state index contributed by atoms with van der Waals surface area (Å²) in [6.45, 7) is 1.51. The zero-order valence-electron chi connectivity index (χ0n) is 16.0. The first-order valence-electron chi connectivity index (χ1n) is 9.24. The summed E-state index contributed by atoms with van der Waals surface area (Å²) in [5, 5.41) is 8.42. The fraction of sp³-hybridized carbons (Fsp3) is 0.300. The number of hydrogen-bond donors (Lipinski definition) is 4. The van der Waals surface area contributed by atoms with E-state index in [1.165, 1.54) is 6.07 Å². The number of carbonyl (C=O) groups excluding carboxylic acids is 2. The van der Waals surface area contributed by atoms with Crippen LogP contribution in [0.2, 0.25) is 0 Å². The maximum absolute atomic E-state index is 13.7. The predicted molar refractivity (Wildman–Crippen MR) is 108 cm³/mol. The molecule has 5 N–H and O–H groups in total. The molecule has 1 aliphatic heterocycles. The van der Waals surface area contributed by atoms with Crippen LogP contribution in [0, 0.1) is 17.7 Å². The number of piperidine rings is 1. The summed E-state index contributed by atoms with van der Waals surface area (Å²) in [6.07, 6.45) is -3.06. The van der Waals surface area contributed by atoms with E-state index in [4.69, 9.17) is 5.73 Å². The summed E-state index contributed by atoms with van der Waals surface area (Å²) >= 11 is 0.979. The zero-order valence-corrected chi connectivity index (χ0v) is 16.8. The quantitative estimate of drug-likeness (QED) is 0.423. The molecule has 0 radical (unpaired) electrons. The van der Waals surface area contributed by atoms with Gasteiger partial charge in [0, 0.05) is 18.2 Å². The lowest BCUT2D eigenvalue weighted by molar-refractivity contribution is -0.140. The Kier molecular flexibility index (Phi) is 6.82. The van der Waals surface area contributed by atoms with Crippen LogP contribution in [0.25, 0.3) is 0 Å². The molecule has 0 spiro atoms. The topological polar surface area (TPSA) is 96.2 Å². The zero-order chi connectivity index (χ0) is 22.6. The third-order valence-electron chi connectivity index (χ3n) is 4.43. The Labute approximate surface area is 179 Å². The molecule has 6 nitrogen and oxygen atoms in total. The Morgan fingerprint density at radius 3 is 2.61 bits per heavy atom. The van der Waals surface area contributed by atoms with Crippen LogP contribution in [-0.2, 0) is 6.18 Å². The van der Waals surface area contributed by atoms with Gasteiger partial charge in [-0.3, -0.25) is 4.79 Å². The Balaban J connectivity index is 1.83. The first-order chi connectivity index (χ1) is 14.6. The number of benzene rings is 1. The molecular weight excluding hydrogens is 436 g/mol. The van der Waals surface area contributed by atoms with Gasteiger partial charge in [0.25, 0.3) is 5.91 Å². The Hall–Kier alpha value is -3.10. The third-order valence-corrected chi connectivity index (χ3v) is 5.48. The standard InChI is InChI=1S/C20H18F4N4O2S/c21-15-8-11(4-6-14(15)20(22,23)24)3-5-13-9-16(28-19(25)30)17(31-13)18(29)27-12-2-1-7-26-10-12/h4,6,8-9,12,26H,1-2,7,10H2,(H,27,29)(H3,25,28,30)/t12-/m0/s1. The number of halogens is 4. The molecule has 0 unspecified atom stereocenters. The van der Waals surface area contributed by atoms with Crippen molar-refractivity contribution in [1.82, 2.24) is 10.6 Å². The van der Waals surface area contributed by atoms with E-state index in [1.54, 1.807) is 0 Å². The monoisotopic (exact) mass is 454 g/mol. The van der Waals surface area contributed by atoms with Gasteiger partial charge in [-0.1, -0.05) is 11.8 Å². The molecule has 3 rings (SSSR count). The van der Waals surface area contributed by atoms with Gasteiger partial charge in [0.1, 0.15) is 10.7 Å². The molecule has 31 heavy (non-hydrogen) atoms. The first kappa shape index (κ1) is 22.6. The highest BCUT2D eigenvalue weighted by molar-refractivity contribution is 7.15. The van der Waals surface area contributed by atoms with E-state index in [9.17, 15) is 27.2 Å². The Morgan fingerprint density at radius 1 is 1.23 bits per heavy atom. The lowest BCUT2D eigenvalue weighted by atomic mass is 10.1.